The molecule has 2 N–H and O–H groups in total. The summed E-state index contributed by atoms with van der Waals surface area (Å²) in [4.78, 5) is 0. The molecule has 0 aliphatic heterocycles. The van der Waals surface area contributed by atoms with Gasteiger partial charge in [-0.2, -0.15) is 0 Å². The lowest BCUT2D eigenvalue weighted by molar-refractivity contribution is 0.202. The summed E-state index contributed by atoms with van der Waals surface area (Å²) in [6.45, 7) is 2.80. The summed E-state index contributed by atoms with van der Waals surface area (Å²) >= 11 is 0. The lowest BCUT2D eigenvalue weighted by Crippen LogP contribution is -2.10. The van der Waals surface area contributed by atoms with Crippen LogP contribution >= 0.6 is 0 Å². The average molecular weight is 274 g/mol. The van der Waals surface area contributed by atoms with Gasteiger partial charge in [-0.1, -0.05) is 36.8 Å². The molecule has 1 atom stereocenters. The molecule has 0 amide bonds. The maximum atomic E-state index is 6.08. The van der Waals surface area contributed by atoms with Crippen LogP contribution in [0, 0.1) is 0 Å². The number of nitrogens with two attached hydrogens (primary N) is 1. The molecule has 1 aromatic heterocycles. The van der Waals surface area contributed by atoms with E-state index in [4.69, 9.17) is 10.5 Å². The van der Waals surface area contributed by atoms with Crippen LogP contribution in [0.25, 0.3) is 5.69 Å². The molecule has 0 aliphatic rings. The second-order valence-corrected chi connectivity index (χ2v) is 4.85. The zero-order valence-electron chi connectivity index (χ0n) is 12.1. The van der Waals surface area contributed by atoms with Crippen LogP contribution in [0.2, 0.25) is 0 Å². The Hall–Kier alpha value is -1.72. The first kappa shape index (κ1) is 14.7. The Morgan fingerprint density at radius 3 is 2.90 bits per heavy atom. The molecule has 1 unspecified atom stereocenters. The lowest BCUT2D eigenvalue weighted by atomic mass is 10.1. The van der Waals surface area contributed by atoms with Gasteiger partial charge in [-0.15, -0.1) is 5.10 Å². The molecule has 108 valence electrons. The van der Waals surface area contributed by atoms with Crippen LogP contribution in [0.15, 0.2) is 30.5 Å². The number of ether oxygens (including phenoxy) is 1. The van der Waals surface area contributed by atoms with E-state index in [2.05, 4.69) is 23.3 Å². The van der Waals surface area contributed by atoms with Crippen LogP contribution in [0.3, 0.4) is 0 Å². The molecule has 0 fully saturated rings. The highest BCUT2D eigenvalue weighted by molar-refractivity contribution is 5.40. The van der Waals surface area contributed by atoms with Gasteiger partial charge in [-0.25, -0.2) is 4.68 Å². The molecule has 5 nitrogen and oxygen atoms in total. The first-order valence-corrected chi connectivity index (χ1v) is 7.01. The van der Waals surface area contributed by atoms with Crippen molar-refractivity contribution >= 4 is 0 Å². The van der Waals surface area contributed by atoms with Gasteiger partial charge in [0.25, 0.3) is 0 Å². The lowest BCUT2D eigenvalue weighted by Gasteiger charge is -2.08. The van der Waals surface area contributed by atoms with Gasteiger partial charge in [0.2, 0.25) is 0 Å². The zero-order chi connectivity index (χ0) is 14.4. The maximum Gasteiger partial charge on any atom is 0.0998 e. The third-order valence-electron chi connectivity index (χ3n) is 3.30. The van der Waals surface area contributed by atoms with Crippen LogP contribution in [0.5, 0.6) is 0 Å². The smallest absolute Gasteiger partial charge is 0.0998 e. The summed E-state index contributed by atoms with van der Waals surface area (Å²) in [5, 5.41) is 8.39. The fourth-order valence-electron chi connectivity index (χ4n) is 2.18. The Balaban J connectivity index is 2.23. The van der Waals surface area contributed by atoms with Gasteiger partial charge in [0.05, 0.1) is 30.2 Å². The minimum atomic E-state index is -0.0418. The Kier molecular flexibility index (Phi) is 5.26. The molecule has 2 rings (SSSR count). The van der Waals surface area contributed by atoms with Gasteiger partial charge in [0, 0.05) is 7.11 Å². The van der Waals surface area contributed by atoms with Crippen LogP contribution in [-0.4, -0.2) is 28.7 Å². The quantitative estimate of drug-likeness (QED) is 0.841. The molecule has 0 spiro atoms. The second kappa shape index (κ2) is 7.17. The summed E-state index contributed by atoms with van der Waals surface area (Å²) in [7, 11) is 1.71. The topological polar surface area (TPSA) is 66.0 Å². The minimum absolute atomic E-state index is 0.0418. The van der Waals surface area contributed by atoms with Crippen molar-refractivity contribution in [3.8, 4) is 5.69 Å². The molecule has 1 heterocycles. The predicted octanol–water partition coefficient (Wildman–Crippen LogP) is 2.26. The van der Waals surface area contributed by atoms with Gasteiger partial charge >= 0.3 is 0 Å². The molecule has 0 bridgehead atoms. The molecule has 20 heavy (non-hydrogen) atoms. The van der Waals surface area contributed by atoms with Crippen LogP contribution in [-0.2, 0) is 11.2 Å². The highest BCUT2D eigenvalue weighted by atomic mass is 16.5. The highest BCUT2D eigenvalue weighted by Crippen LogP contribution is 2.17. The molecule has 5 heteroatoms. The van der Waals surface area contributed by atoms with Gasteiger partial charge in [-0.05, 0) is 24.5 Å². The van der Waals surface area contributed by atoms with Crippen molar-refractivity contribution in [3.63, 3.8) is 0 Å². The van der Waals surface area contributed by atoms with Gasteiger partial charge < -0.3 is 10.5 Å². The first-order chi connectivity index (χ1) is 9.76. The van der Waals surface area contributed by atoms with E-state index in [9.17, 15) is 0 Å². The van der Waals surface area contributed by atoms with Crippen molar-refractivity contribution in [2.45, 2.75) is 32.2 Å². The monoisotopic (exact) mass is 274 g/mol. The zero-order valence-corrected chi connectivity index (χ0v) is 12.1. The van der Waals surface area contributed by atoms with E-state index in [1.165, 1.54) is 5.56 Å². The van der Waals surface area contributed by atoms with Crippen molar-refractivity contribution in [1.29, 1.82) is 0 Å². The number of aromatic nitrogens is 3. The molecule has 2 aromatic rings. The summed E-state index contributed by atoms with van der Waals surface area (Å²) in [6, 6.07) is 8.10. The normalized spacial score (nSPS) is 12.6. The third-order valence-corrected chi connectivity index (χ3v) is 3.30. The van der Waals surface area contributed by atoms with Crippen molar-refractivity contribution in [3.05, 3.63) is 41.7 Å². The third kappa shape index (κ3) is 3.43. The van der Waals surface area contributed by atoms with E-state index in [0.29, 0.717) is 6.61 Å². The number of nitrogens with zero attached hydrogens (tertiary/aromatic N) is 3. The SMILES string of the molecule is CCCC(N)c1cn(-c2ccccc2CCOC)nn1. The fourth-order valence-corrected chi connectivity index (χ4v) is 2.18. The number of hydrogen-bond acceptors (Lipinski definition) is 4. The van der Waals surface area contributed by atoms with Gasteiger partial charge in [-0.3, -0.25) is 0 Å². The largest absolute Gasteiger partial charge is 0.384 e. The Bertz CT molecular complexity index is 538. The average Bonchev–Trinajstić information content (AvgIpc) is 2.95. The van der Waals surface area contributed by atoms with Gasteiger partial charge in [0.15, 0.2) is 0 Å². The number of benzene rings is 1. The summed E-state index contributed by atoms with van der Waals surface area (Å²) in [5.41, 5.74) is 9.14. The minimum Gasteiger partial charge on any atom is -0.384 e. The Morgan fingerprint density at radius 2 is 2.15 bits per heavy atom. The standard InChI is InChI=1S/C15H22N4O/c1-3-6-13(16)14-11-19(18-17-14)15-8-5-4-7-12(15)9-10-20-2/h4-5,7-8,11,13H,3,6,9-10,16H2,1-2H3. The maximum absolute atomic E-state index is 6.08. The molecule has 0 radical (unpaired) electrons. The molecule has 0 saturated carbocycles. The highest BCUT2D eigenvalue weighted by Gasteiger charge is 2.12. The molecule has 0 aliphatic carbocycles. The molecular weight excluding hydrogens is 252 g/mol. The van der Waals surface area contributed by atoms with E-state index in [0.717, 1.165) is 30.6 Å². The van der Waals surface area contributed by atoms with Crippen LogP contribution in [0.1, 0.15) is 37.1 Å². The van der Waals surface area contributed by atoms with Crippen LogP contribution < -0.4 is 5.73 Å². The Labute approximate surface area is 119 Å². The summed E-state index contributed by atoms with van der Waals surface area (Å²) < 4.78 is 6.95. The molecule has 1 aromatic carbocycles. The van der Waals surface area contributed by atoms with E-state index < -0.39 is 0 Å². The van der Waals surface area contributed by atoms with Crippen molar-refractivity contribution in [2.24, 2.45) is 5.73 Å². The number of hydrogen-bond donors (Lipinski definition) is 1. The van der Waals surface area contributed by atoms with E-state index in [1.54, 1.807) is 11.8 Å². The molecule has 0 saturated heterocycles. The van der Waals surface area contributed by atoms with Crippen molar-refractivity contribution in [1.82, 2.24) is 15.0 Å². The summed E-state index contributed by atoms with van der Waals surface area (Å²) in [5.74, 6) is 0. The molecular formula is C15H22N4O. The second-order valence-electron chi connectivity index (χ2n) is 4.85. The van der Waals surface area contributed by atoms with Crippen molar-refractivity contribution < 1.29 is 4.74 Å². The number of rotatable bonds is 7. The number of para-hydroxylation sites is 1. The fraction of sp³-hybridized carbons (Fsp3) is 0.467. The van der Waals surface area contributed by atoms with Gasteiger partial charge in [0.1, 0.15) is 0 Å². The van der Waals surface area contributed by atoms with Crippen LogP contribution in [0.4, 0.5) is 0 Å². The predicted molar refractivity (Wildman–Crippen MR) is 78.8 cm³/mol. The summed E-state index contributed by atoms with van der Waals surface area (Å²) in [6.07, 6.45) is 4.73. The van der Waals surface area contributed by atoms with Crippen molar-refractivity contribution in [2.75, 3.05) is 13.7 Å². The number of methoxy groups -OCH3 is 1. The Morgan fingerprint density at radius 1 is 1.35 bits per heavy atom. The van der Waals surface area contributed by atoms with E-state index in [-0.39, 0.29) is 6.04 Å². The van der Waals surface area contributed by atoms with E-state index >= 15 is 0 Å². The van der Waals surface area contributed by atoms with E-state index in [1.807, 2.05) is 24.4 Å². The first-order valence-electron chi connectivity index (χ1n) is 7.01.